The van der Waals surface area contributed by atoms with Crippen molar-refractivity contribution in [3.63, 3.8) is 0 Å². The second kappa shape index (κ2) is 4.65. The van der Waals surface area contributed by atoms with Crippen LogP contribution < -0.4 is 5.14 Å². The molecular weight excluding hydrogens is 154 g/mol. The van der Waals surface area contributed by atoms with Crippen molar-refractivity contribution in [3.05, 3.63) is 0 Å². The van der Waals surface area contributed by atoms with Gasteiger partial charge in [0.2, 0.25) is 10.0 Å². The molecule has 0 saturated carbocycles. The van der Waals surface area contributed by atoms with E-state index < -0.39 is 10.0 Å². The molecule has 0 spiro atoms. The predicted octanol–water partition coefficient (Wildman–Crippen LogP) is -0.298. The summed E-state index contributed by atoms with van der Waals surface area (Å²) in [5.41, 5.74) is 0. The Hall–Kier alpha value is -0.130. The molecule has 10 heavy (non-hydrogen) atoms. The summed E-state index contributed by atoms with van der Waals surface area (Å²) in [6.07, 6.45) is 0.479. The zero-order valence-electron chi connectivity index (χ0n) is 6.04. The van der Waals surface area contributed by atoms with Crippen LogP contribution in [0.1, 0.15) is 13.3 Å². The van der Waals surface area contributed by atoms with Crippen molar-refractivity contribution >= 4 is 10.0 Å². The molecule has 2 N–H and O–H groups in total. The van der Waals surface area contributed by atoms with Gasteiger partial charge >= 0.3 is 0 Å². The maximum atomic E-state index is 10.3. The van der Waals surface area contributed by atoms with Crippen molar-refractivity contribution < 1.29 is 13.2 Å². The molecule has 0 unspecified atom stereocenters. The van der Waals surface area contributed by atoms with Gasteiger partial charge in [0.15, 0.2) is 0 Å². The third-order valence-electron chi connectivity index (χ3n) is 0.922. The number of ether oxygens (including phenoxy) is 1. The van der Waals surface area contributed by atoms with Gasteiger partial charge in [-0.25, -0.2) is 13.6 Å². The molecule has 0 bridgehead atoms. The highest BCUT2D eigenvalue weighted by Crippen LogP contribution is 1.86. The van der Waals surface area contributed by atoms with Gasteiger partial charge < -0.3 is 4.74 Å². The third-order valence-corrected chi connectivity index (χ3v) is 1.78. The summed E-state index contributed by atoms with van der Waals surface area (Å²) in [5, 5.41) is 4.73. The first kappa shape index (κ1) is 9.87. The van der Waals surface area contributed by atoms with Crippen LogP contribution in [-0.4, -0.2) is 27.4 Å². The SMILES string of the molecule is CCOCCCS(N)(=O)=O. The van der Waals surface area contributed by atoms with Gasteiger partial charge in [-0.2, -0.15) is 0 Å². The Kier molecular flexibility index (Phi) is 4.59. The van der Waals surface area contributed by atoms with Crippen LogP contribution in [0, 0.1) is 0 Å². The Morgan fingerprint density at radius 1 is 1.50 bits per heavy atom. The largest absolute Gasteiger partial charge is 0.382 e. The van der Waals surface area contributed by atoms with Crippen LogP contribution >= 0.6 is 0 Å². The first-order valence-corrected chi connectivity index (χ1v) is 4.86. The third kappa shape index (κ3) is 7.87. The fourth-order valence-electron chi connectivity index (χ4n) is 0.507. The molecule has 0 heterocycles. The molecule has 4 nitrogen and oxygen atoms in total. The van der Waals surface area contributed by atoms with Crippen molar-refractivity contribution in [2.45, 2.75) is 13.3 Å². The zero-order chi connectivity index (χ0) is 8.04. The average Bonchev–Trinajstić information content (AvgIpc) is 1.78. The lowest BCUT2D eigenvalue weighted by Crippen LogP contribution is -2.17. The molecule has 0 radical (unpaired) electrons. The predicted molar refractivity (Wildman–Crippen MR) is 39.1 cm³/mol. The van der Waals surface area contributed by atoms with Gasteiger partial charge in [-0.15, -0.1) is 0 Å². The Labute approximate surface area is 61.4 Å². The van der Waals surface area contributed by atoms with E-state index in [0.717, 1.165) is 0 Å². The van der Waals surface area contributed by atoms with Gasteiger partial charge in [-0.3, -0.25) is 0 Å². The summed E-state index contributed by atoms with van der Waals surface area (Å²) < 4.78 is 25.5. The van der Waals surface area contributed by atoms with Crippen LogP contribution in [-0.2, 0) is 14.8 Å². The van der Waals surface area contributed by atoms with Gasteiger partial charge in [0, 0.05) is 13.2 Å². The summed E-state index contributed by atoms with van der Waals surface area (Å²) >= 11 is 0. The molecule has 0 saturated heterocycles. The molecule has 62 valence electrons. The van der Waals surface area contributed by atoms with Gasteiger partial charge in [-0.05, 0) is 13.3 Å². The zero-order valence-corrected chi connectivity index (χ0v) is 6.86. The molecule has 0 aliphatic carbocycles. The van der Waals surface area contributed by atoms with Crippen LogP contribution in [0.3, 0.4) is 0 Å². The lowest BCUT2D eigenvalue weighted by molar-refractivity contribution is 0.148. The van der Waals surface area contributed by atoms with E-state index in [0.29, 0.717) is 19.6 Å². The standard InChI is InChI=1S/C5H13NO3S/c1-2-9-4-3-5-10(6,7)8/h2-5H2,1H3,(H2,6,7,8). The normalized spacial score (nSPS) is 11.8. The summed E-state index contributed by atoms with van der Waals surface area (Å²) in [4.78, 5) is 0. The molecule has 5 heteroatoms. The van der Waals surface area contributed by atoms with E-state index in [1.165, 1.54) is 0 Å². The molecule has 0 aromatic heterocycles. The van der Waals surface area contributed by atoms with Gasteiger partial charge in [-0.1, -0.05) is 0 Å². The fraction of sp³-hybridized carbons (Fsp3) is 1.00. The molecule has 0 aliphatic heterocycles. The molecular formula is C5H13NO3S. The van der Waals surface area contributed by atoms with Crippen LogP contribution in [0.25, 0.3) is 0 Å². The summed E-state index contributed by atoms with van der Waals surface area (Å²) in [6, 6.07) is 0. The summed E-state index contributed by atoms with van der Waals surface area (Å²) in [5.74, 6) is 0.00694. The second-order valence-electron chi connectivity index (χ2n) is 1.92. The Morgan fingerprint density at radius 3 is 2.50 bits per heavy atom. The van der Waals surface area contributed by atoms with Crippen molar-refractivity contribution in [1.29, 1.82) is 0 Å². The molecule has 0 aromatic carbocycles. The van der Waals surface area contributed by atoms with E-state index in [4.69, 9.17) is 9.88 Å². The van der Waals surface area contributed by atoms with E-state index >= 15 is 0 Å². The minimum absolute atomic E-state index is 0.00694. The molecule has 0 aliphatic rings. The van der Waals surface area contributed by atoms with Gasteiger partial charge in [0.05, 0.1) is 5.75 Å². The van der Waals surface area contributed by atoms with E-state index in [2.05, 4.69) is 0 Å². The van der Waals surface area contributed by atoms with Crippen LogP contribution in [0.4, 0.5) is 0 Å². The second-order valence-corrected chi connectivity index (χ2v) is 3.65. The number of nitrogens with two attached hydrogens (primary N) is 1. The lowest BCUT2D eigenvalue weighted by Gasteiger charge is -1.98. The maximum absolute atomic E-state index is 10.3. The summed E-state index contributed by atoms with van der Waals surface area (Å²) in [6.45, 7) is 2.94. The molecule has 0 amide bonds. The highest BCUT2D eigenvalue weighted by atomic mass is 32.2. The maximum Gasteiger partial charge on any atom is 0.209 e. The topological polar surface area (TPSA) is 69.4 Å². The van der Waals surface area contributed by atoms with Crippen LogP contribution in [0.15, 0.2) is 0 Å². The molecule has 0 rings (SSSR count). The molecule has 0 aromatic rings. The van der Waals surface area contributed by atoms with E-state index in [1.807, 2.05) is 6.92 Å². The van der Waals surface area contributed by atoms with Gasteiger partial charge in [0.1, 0.15) is 0 Å². The Bertz CT molecular complexity index is 164. The van der Waals surface area contributed by atoms with Crippen LogP contribution in [0.5, 0.6) is 0 Å². The van der Waals surface area contributed by atoms with E-state index in [1.54, 1.807) is 0 Å². The Balaban J connectivity index is 3.21. The lowest BCUT2D eigenvalue weighted by atomic mass is 10.5. The van der Waals surface area contributed by atoms with E-state index in [9.17, 15) is 8.42 Å². The van der Waals surface area contributed by atoms with Crippen LogP contribution in [0.2, 0.25) is 0 Å². The fourth-order valence-corrected chi connectivity index (χ4v) is 1.03. The monoisotopic (exact) mass is 167 g/mol. The smallest absolute Gasteiger partial charge is 0.209 e. The number of rotatable bonds is 5. The first-order valence-electron chi connectivity index (χ1n) is 3.14. The number of hydrogen-bond donors (Lipinski definition) is 1. The highest BCUT2D eigenvalue weighted by Gasteiger charge is 2.00. The number of primary sulfonamides is 1. The number of hydrogen-bond acceptors (Lipinski definition) is 3. The highest BCUT2D eigenvalue weighted by molar-refractivity contribution is 7.89. The van der Waals surface area contributed by atoms with Gasteiger partial charge in [0.25, 0.3) is 0 Å². The average molecular weight is 167 g/mol. The Morgan fingerprint density at radius 2 is 2.10 bits per heavy atom. The minimum atomic E-state index is -3.28. The molecule has 0 fully saturated rings. The summed E-state index contributed by atoms with van der Waals surface area (Å²) in [7, 11) is -3.28. The number of sulfonamides is 1. The molecule has 0 atom stereocenters. The first-order chi connectivity index (χ1) is 4.56. The minimum Gasteiger partial charge on any atom is -0.382 e. The quantitative estimate of drug-likeness (QED) is 0.571. The van der Waals surface area contributed by atoms with E-state index in [-0.39, 0.29) is 5.75 Å². The van der Waals surface area contributed by atoms with Crippen molar-refractivity contribution in [2.75, 3.05) is 19.0 Å². The van der Waals surface area contributed by atoms with Crippen molar-refractivity contribution in [2.24, 2.45) is 5.14 Å². The van der Waals surface area contributed by atoms with Crippen molar-refractivity contribution in [1.82, 2.24) is 0 Å². The van der Waals surface area contributed by atoms with Crippen molar-refractivity contribution in [3.8, 4) is 0 Å².